The maximum absolute atomic E-state index is 8.82. The molecule has 1 N–H and O–H groups in total. The van der Waals surface area contributed by atoms with E-state index in [-0.39, 0.29) is 0 Å². The molecular weight excluding hydrogens is 196 g/mol. The number of rotatable bonds is 6. The van der Waals surface area contributed by atoms with Crippen LogP contribution in [0.25, 0.3) is 0 Å². The molecule has 0 amide bonds. The molecule has 0 aliphatic heterocycles. The van der Waals surface area contributed by atoms with Crippen LogP contribution in [0.15, 0.2) is 24.3 Å². The van der Waals surface area contributed by atoms with Gasteiger partial charge in [0.15, 0.2) is 0 Å². The van der Waals surface area contributed by atoms with Crippen molar-refractivity contribution in [2.45, 2.75) is 39.2 Å². The van der Waals surface area contributed by atoms with Gasteiger partial charge in [0.05, 0.1) is 11.6 Å². The van der Waals surface area contributed by atoms with Gasteiger partial charge in [0.25, 0.3) is 0 Å². The van der Waals surface area contributed by atoms with E-state index in [9.17, 15) is 0 Å². The van der Waals surface area contributed by atoms with Crippen LogP contribution in [0.5, 0.6) is 0 Å². The van der Waals surface area contributed by atoms with E-state index in [0.29, 0.717) is 6.04 Å². The third-order valence-corrected chi connectivity index (χ3v) is 2.75. The zero-order valence-corrected chi connectivity index (χ0v) is 10.2. The lowest BCUT2D eigenvalue weighted by Gasteiger charge is -2.14. The van der Waals surface area contributed by atoms with Crippen molar-refractivity contribution in [3.05, 3.63) is 35.4 Å². The molecule has 0 aliphatic carbocycles. The van der Waals surface area contributed by atoms with Crippen LogP contribution in [0.2, 0.25) is 0 Å². The van der Waals surface area contributed by atoms with Gasteiger partial charge in [0.2, 0.25) is 0 Å². The van der Waals surface area contributed by atoms with Crippen molar-refractivity contribution in [3.63, 3.8) is 0 Å². The Balaban J connectivity index is 2.46. The van der Waals surface area contributed by atoms with Crippen molar-refractivity contribution in [2.75, 3.05) is 6.54 Å². The largest absolute Gasteiger partial charge is 0.310 e. The highest BCUT2D eigenvalue weighted by Gasteiger charge is 2.04. The van der Waals surface area contributed by atoms with Gasteiger partial charge in [0, 0.05) is 6.04 Å². The van der Waals surface area contributed by atoms with Gasteiger partial charge < -0.3 is 5.32 Å². The van der Waals surface area contributed by atoms with Crippen LogP contribution in [0.3, 0.4) is 0 Å². The van der Waals surface area contributed by atoms with Crippen molar-refractivity contribution in [1.29, 1.82) is 5.26 Å². The predicted octanol–water partition coefficient (Wildman–Crippen LogP) is 3.40. The maximum atomic E-state index is 8.82. The molecule has 1 unspecified atom stereocenters. The van der Waals surface area contributed by atoms with Crippen molar-refractivity contribution >= 4 is 0 Å². The summed E-state index contributed by atoms with van der Waals surface area (Å²) < 4.78 is 0. The molecule has 0 spiro atoms. The monoisotopic (exact) mass is 216 g/mol. The number of nitriles is 1. The molecular formula is C14H20N2. The lowest BCUT2D eigenvalue weighted by atomic mass is 10.1. The summed E-state index contributed by atoms with van der Waals surface area (Å²) in [5, 5.41) is 12.3. The standard InChI is InChI=1S/C14H20N2/c1-3-4-5-9-16-12(2)14-8-6-7-13(10-14)11-15/h6-8,10,12,16H,3-5,9H2,1-2H3. The first kappa shape index (κ1) is 12.7. The van der Waals surface area contributed by atoms with E-state index in [0.717, 1.165) is 12.1 Å². The quantitative estimate of drug-likeness (QED) is 0.740. The summed E-state index contributed by atoms with van der Waals surface area (Å²) in [5.41, 5.74) is 1.93. The van der Waals surface area contributed by atoms with Gasteiger partial charge in [0.1, 0.15) is 0 Å². The number of hydrogen-bond donors (Lipinski definition) is 1. The van der Waals surface area contributed by atoms with Gasteiger partial charge in [-0.3, -0.25) is 0 Å². The van der Waals surface area contributed by atoms with Gasteiger partial charge in [-0.05, 0) is 37.6 Å². The number of nitrogens with zero attached hydrogens (tertiary/aromatic N) is 1. The first-order valence-electron chi connectivity index (χ1n) is 6.01. The number of benzene rings is 1. The molecule has 1 aromatic rings. The Bertz CT molecular complexity index is 352. The van der Waals surface area contributed by atoms with E-state index >= 15 is 0 Å². The topological polar surface area (TPSA) is 35.8 Å². The van der Waals surface area contributed by atoms with Crippen LogP contribution in [0, 0.1) is 11.3 Å². The van der Waals surface area contributed by atoms with Crippen LogP contribution in [0.4, 0.5) is 0 Å². The normalized spacial score (nSPS) is 12.1. The van der Waals surface area contributed by atoms with E-state index in [1.165, 1.54) is 24.8 Å². The average molecular weight is 216 g/mol. The van der Waals surface area contributed by atoms with E-state index < -0.39 is 0 Å². The lowest BCUT2D eigenvalue weighted by molar-refractivity contribution is 0.544. The van der Waals surface area contributed by atoms with Crippen molar-refractivity contribution in [2.24, 2.45) is 0 Å². The highest BCUT2D eigenvalue weighted by Crippen LogP contribution is 2.13. The van der Waals surface area contributed by atoms with Crippen LogP contribution in [-0.4, -0.2) is 6.54 Å². The molecule has 86 valence electrons. The van der Waals surface area contributed by atoms with Crippen molar-refractivity contribution in [1.82, 2.24) is 5.32 Å². The summed E-state index contributed by atoms with van der Waals surface area (Å²) in [6.07, 6.45) is 3.75. The summed E-state index contributed by atoms with van der Waals surface area (Å²) >= 11 is 0. The summed E-state index contributed by atoms with van der Waals surface area (Å²) in [4.78, 5) is 0. The average Bonchev–Trinajstić information content (AvgIpc) is 2.34. The minimum absolute atomic E-state index is 0.324. The van der Waals surface area contributed by atoms with Crippen LogP contribution in [-0.2, 0) is 0 Å². The summed E-state index contributed by atoms with van der Waals surface area (Å²) in [6.45, 7) is 5.40. The molecule has 0 radical (unpaired) electrons. The smallest absolute Gasteiger partial charge is 0.0991 e. The molecule has 0 aliphatic rings. The fraction of sp³-hybridized carbons (Fsp3) is 0.500. The fourth-order valence-electron chi connectivity index (χ4n) is 1.69. The summed E-state index contributed by atoms with van der Waals surface area (Å²) in [7, 11) is 0. The van der Waals surface area contributed by atoms with Crippen LogP contribution >= 0.6 is 0 Å². The third kappa shape index (κ3) is 4.04. The highest BCUT2D eigenvalue weighted by molar-refractivity contribution is 5.33. The SMILES string of the molecule is CCCCCNC(C)c1cccc(C#N)c1. The van der Waals surface area contributed by atoms with E-state index in [1.807, 2.05) is 18.2 Å². The number of nitrogens with one attached hydrogen (secondary N) is 1. The zero-order valence-electron chi connectivity index (χ0n) is 10.2. The first-order valence-corrected chi connectivity index (χ1v) is 6.01. The summed E-state index contributed by atoms with van der Waals surface area (Å²) in [5.74, 6) is 0. The Morgan fingerprint density at radius 3 is 2.88 bits per heavy atom. The molecule has 1 rings (SSSR count). The minimum Gasteiger partial charge on any atom is -0.310 e. The van der Waals surface area contributed by atoms with Gasteiger partial charge in [-0.25, -0.2) is 0 Å². The Morgan fingerprint density at radius 2 is 2.19 bits per heavy atom. The number of unbranched alkanes of at least 4 members (excludes halogenated alkanes) is 2. The Kier molecular flexibility index (Phi) is 5.60. The van der Waals surface area contributed by atoms with Crippen LogP contribution < -0.4 is 5.32 Å². The van der Waals surface area contributed by atoms with Gasteiger partial charge in [-0.1, -0.05) is 31.9 Å². The molecule has 0 saturated carbocycles. The highest BCUT2D eigenvalue weighted by atomic mass is 14.9. The molecule has 2 heteroatoms. The van der Waals surface area contributed by atoms with Gasteiger partial charge in [-0.15, -0.1) is 0 Å². The molecule has 1 aromatic carbocycles. The lowest BCUT2D eigenvalue weighted by Crippen LogP contribution is -2.19. The fourth-order valence-corrected chi connectivity index (χ4v) is 1.69. The maximum Gasteiger partial charge on any atom is 0.0991 e. The molecule has 16 heavy (non-hydrogen) atoms. The molecule has 0 saturated heterocycles. The van der Waals surface area contributed by atoms with E-state index in [4.69, 9.17) is 5.26 Å². The molecule has 0 heterocycles. The Labute approximate surface area is 98.3 Å². The van der Waals surface area contributed by atoms with Gasteiger partial charge in [-0.2, -0.15) is 5.26 Å². The molecule has 2 nitrogen and oxygen atoms in total. The Hall–Kier alpha value is -1.33. The second-order valence-electron chi connectivity index (χ2n) is 4.12. The predicted molar refractivity (Wildman–Crippen MR) is 67.1 cm³/mol. The van der Waals surface area contributed by atoms with E-state index in [2.05, 4.69) is 31.3 Å². The molecule has 1 atom stereocenters. The molecule has 0 fully saturated rings. The number of hydrogen-bond acceptors (Lipinski definition) is 2. The van der Waals surface area contributed by atoms with Crippen molar-refractivity contribution in [3.8, 4) is 6.07 Å². The molecule has 0 aromatic heterocycles. The van der Waals surface area contributed by atoms with Crippen LogP contribution in [0.1, 0.15) is 50.3 Å². The second kappa shape index (κ2) is 7.03. The molecule has 0 bridgehead atoms. The summed E-state index contributed by atoms with van der Waals surface area (Å²) in [6, 6.07) is 10.3. The van der Waals surface area contributed by atoms with Crippen molar-refractivity contribution < 1.29 is 0 Å². The Morgan fingerprint density at radius 1 is 1.38 bits per heavy atom. The zero-order chi connectivity index (χ0) is 11.8. The van der Waals surface area contributed by atoms with E-state index in [1.54, 1.807) is 0 Å². The minimum atomic E-state index is 0.324. The second-order valence-corrected chi connectivity index (χ2v) is 4.12. The third-order valence-electron chi connectivity index (χ3n) is 2.75. The first-order chi connectivity index (χ1) is 7.77. The van der Waals surface area contributed by atoms with Gasteiger partial charge >= 0.3 is 0 Å².